The molecule has 2 heterocycles. The Kier molecular flexibility index (Phi) is 4.27. The van der Waals surface area contributed by atoms with Crippen LogP contribution in [0.4, 0.5) is 0 Å². The van der Waals surface area contributed by atoms with Crippen molar-refractivity contribution in [2.45, 2.75) is 12.8 Å². The van der Waals surface area contributed by atoms with Crippen LogP contribution in [0.3, 0.4) is 0 Å². The topological polar surface area (TPSA) is 76.3 Å². The summed E-state index contributed by atoms with van der Waals surface area (Å²) in [7, 11) is 0. The van der Waals surface area contributed by atoms with Crippen molar-refractivity contribution in [1.29, 1.82) is 0 Å². The Labute approximate surface area is 120 Å². The highest BCUT2D eigenvalue weighted by Crippen LogP contribution is 2.22. The van der Waals surface area contributed by atoms with Gasteiger partial charge in [-0.2, -0.15) is 0 Å². The molecule has 7 heteroatoms. The number of rotatable bonds is 2. The molecule has 2 amide bonds. The number of primary amides is 1. The molecule has 0 radical (unpaired) electrons. The van der Waals surface area contributed by atoms with Crippen molar-refractivity contribution < 1.29 is 9.59 Å². The predicted molar refractivity (Wildman–Crippen MR) is 72.1 cm³/mol. The molecule has 5 nitrogen and oxygen atoms in total. The Morgan fingerprint density at radius 3 is 2.79 bits per heavy atom. The highest BCUT2D eigenvalue weighted by Gasteiger charge is 2.27. The minimum Gasteiger partial charge on any atom is -0.369 e. The first-order valence-electron chi connectivity index (χ1n) is 5.88. The smallest absolute Gasteiger partial charge is 0.255 e. The summed E-state index contributed by atoms with van der Waals surface area (Å²) in [5.74, 6) is -0.866. The van der Waals surface area contributed by atoms with Crippen molar-refractivity contribution in [1.82, 2.24) is 9.88 Å². The minimum atomic E-state index is -0.371. The largest absolute Gasteiger partial charge is 0.369 e. The normalized spacial score (nSPS) is 19.3. The number of amides is 2. The lowest BCUT2D eigenvalue weighted by Crippen LogP contribution is -2.44. The van der Waals surface area contributed by atoms with Gasteiger partial charge in [0, 0.05) is 19.3 Å². The molecule has 0 bridgehead atoms. The summed E-state index contributed by atoms with van der Waals surface area (Å²) < 4.78 is 0. The molecule has 0 saturated carbocycles. The van der Waals surface area contributed by atoms with Gasteiger partial charge >= 0.3 is 0 Å². The lowest BCUT2D eigenvalue weighted by Gasteiger charge is -2.31. The number of aromatic nitrogens is 1. The molecule has 1 aromatic rings. The summed E-state index contributed by atoms with van der Waals surface area (Å²) in [5, 5.41) is 0.392. The van der Waals surface area contributed by atoms with E-state index in [1.807, 2.05) is 0 Å². The SMILES string of the molecule is NC(=O)C1CCCN(C(=O)c2cnc(Cl)c(Cl)c2)C1. The third-order valence-electron chi connectivity index (χ3n) is 3.15. The second-order valence-electron chi connectivity index (χ2n) is 4.49. The fourth-order valence-electron chi connectivity index (χ4n) is 2.11. The maximum absolute atomic E-state index is 12.3. The van der Waals surface area contributed by atoms with Gasteiger partial charge in [-0.3, -0.25) is 9.59 Å². The van der Waals surface area contributed by atoms with Crippen LogP contribution in [0.1, 0.15) is 23.2 Å². The zero-order valence-electron chi connectivity index (χ0n) is 10.1. The first-order chi connectivity index (χ1) is 8.99. The molecular formula is C12H13Cl2N3O2. The van der Waals surface area contributed by atoms with Crippen molar-refractivity contribution in [3.63, 3.8) is 0 Å². The number of halogens is 2. The summed E-state index contributed by atoms with van der Waals surface area (Å²) >= 11 is 11.5. The molecule has 19 heavy (non-hydrogen) atoms. The molecule has 1 saturated heterocycles. The molecule has 1 fully saturated rings. The van der Waals surface area contributed by atoms with Gasteiger partial charge in [0.1, 0.15) is 5.15 Å². The van der Waals surface area contributed by atoms with Gasteiger partial charge in [-0.05, 0) is 18.9 Å². The Morgan fingerprint density at radius 1 is 1.42 bits per heavy atom. The quantitative estimate of drug-likeness (QED) is 0.845. The molecule has 2 N–H and O–H groups in total. The minimum absolute atomic E-state index is 0.159. The van der Waals surface area contributed by atoms with Crippen LogP contribution in [0.15, 0.2) is 12.3 Å². The molecule has 1 unspecified atom stereocenters. The second-order valence-corrected chi connectivity index (χ2v) is 5.25. The molecule has 1 aromatic heterocycles. The predicted octanol–water partition coefficient (Wildman–Crippen LogP) is 1.73. The summed E-state index contributed by atoms with van der Waals surface area (Å²) in [4.78, 5) is 28.9. The lowest BCUT2D eigenvalue weighted by molar-refractivity contribution is -0.123. The van der Waals surface area contributed by atoms with Crippen molar-refractivity contribution in [2.24, 2.45) is 11.7 Å². The molecule has 1 atom stereocenters. The van der Waals surface area contributed by atoms with Crippen LogP contribution in [-0.4, -0.2) is 34.8 Å². The summed E-state index contributed by atoms with van der Waals surface area (Å²) in [6.07, 6.45) is 2.86. The van der Waals surface area contributed by atoms with E-state index in [4.69, 9.17) is 28.9 Å². The number of piperidine rings is 1. The van der Waals surface area contributed by atoms with Crippen LogP contribution >= 0.6 is 23.2 Å². The number of likely N-dealkylation sites (tertiary alicyclic amines) is 1. The standard InChI is InChI=1S/C12H13Cl2N3O2/c13-9-4-8(5-16-10(9)14)12(19)17-3-1-2-7(6-17)11(15)18/h4-5,7H,1-3,6H2,(H2,15,18). The van der Waals surface area contributed by atoms with Gasteiger partial charge in [0.2, 0.25) is 5.91 Å². The summed E-state index contributed by atoms with van der Waals surface area (Å²) in [6.45, 7) is 0.942. The van der Waals surface area contributed by atoms with Crippen LogP contribution in [0.25, 0.3) is 0 Å². The fourth-order valence-corrected chi connectivity index (χ4v) is 2.38. The Bertz CT molecular complexity index is 522. The molecular weight excluding hydrogens is 289 g/mol. The van der Waals surface area contributed by atoms with E-state index in [-0.39, 0.29) is 27.9 Å². The van der Waals surface area contributed by atoms with Crippen molar-refractivity contribution >= 4 is 35.0 Å². The van der Waals surface area contributed by atoms with Crippen LogP contribution in [0, 0.1) is 5.92 Å². The van der Waals surface area contributed by atoms with Gasteiger partial charge in [0.25, 0.3) is 5.91 Å². The second kappa shape index (κ2) is 5.75. The molecule has 0 aromatic carbocycles. The van der Waals surface area contributed by atoms with Crippen LogP contribution < -0.4 is 5.73 Å². The van der Waals surface area contributed by atoms with Gasteiger partial charge in [-0.15, -0.1) is 0 Å². The van der Waals surface area contributed by atoms with Crippen molar-refractivity contribution in [2.75, 3.05) is 13.1 Å². The maximum Gasteiger partial charge on any atom is 0.255 e. The number of nitrogens with two attached hydrogens (primary N) is 1. The highest BCUT2D eigenvalue weighted by molar-refractivity contribution is 6.41. The van der Waals surface area contributed by atoms with Crippen LogP contribution in [0.5, 0.6) is 0 Å². The summed E-state index contributed by atoms with van der Waals surface area (Å²) in [5.41, 5.74) is 5.65. The molecule has 1 aliphatic rings. The number of carbonyl (C=O) groups is 2. The first-order valence-corrected chi connectivity index (χ1v) is 6.64. The van der Waals surface area contributed by atoms with E-state index in [9.17, 15) is 9.59 Å². The van der Waals surface area contributed by atoms with E-state index < -0.39 is 0 Å². The van der Waals surface area contributed by atoms with Crippen molar-refractivity contribution in [3.05, 3.63) is 28.0 Å². The molecule has 2 rings (SSSR count). The number of nitrogens with zero attached hydrogens (tertiary/aromatic N) is 2. The average Bonchev–Trinajstić information content (AvgIpc) is 2.41. The molecule has 0 spiro atoms. The molecule has 0 aliphatic carbocycles. The van der Waals surface area contributed by atoms with E-state index in [0.717, 1.165) is 12.8 Å². The van der Waals surface area contributed by atoms with Gasteiger partial charge in [-0.1, -0.05) is 23.2 Å². The van der Waals surface area contributed by atoms with Crippen LogP contribution in [-0.2, 0) is 4.79 Å². The number of hydrogen-bond donors (Lipinski definition) is 1. The fraction of sp³-hybridized carbons (Fsp3) is 0.417. The van der Waals surface area contributed by atoms with Gasteiger partial charge < -0.3 is 10.6 Å². The zero-order valence-corrected chi connectivity index (χ0v) is 11.6. The Morgan fingerprint density at radius 2 is 2.16 bits per heavy atom. The molecule has 102 valence electrons. The lowest BCUT2D eigenvalue weighted by atomic mass is 9.97. The summed E-state index contributed by atoms with van der Waals surface area (Å²) in [6, 6.07) is 1.48. The number of pyridine rings is 1. The molecule has 1 aliphatic heterocycles. The average molecular weight is 302 g/mol. The van der Waals surface area contributed by atoms with E-state index in [0.29, 0.717) is 18.7 Å². The Balaban J connectivity index is 2.14. The van der Waals surface area contributed by atoms with Crippen LogP contribution in [0.2, 0.25) is 10.2 Å². The third-order valence-corrected chi connectivity index (χ3v) is 3.84. The number of carbonyl (C=O) groups excluding carboxylic acids is 2. The monoisotopic (exact) mass is 301 g/mol. The van der Waals surface area contributed by atoms with E-state index >= 15 is 0 Å². The zero-order chi connectivity index (χ0) is 14.0. The van der Waals surface area contributed by atoms with E-state index in [1.54, 1.807) is 4.90 Å². The maximum atomic E-state index is 12.3. The van der Waals surface area contributed by atoms with E-state index in [2.05, 4.69) is 4.98 Å². The first kappa shape index (κ1) is 14.1. The van der Waals surface area contributed by atoms with Gasteiger partial charge in [-0.25, -0.2) is 4.98 Å². The van der Waals surface area contributed by atoms with Gasteiger partial charge in [0.05, 0.1) is 16.5 Å². The van der Waals surface area contributed by atoms with Crippen molar-refractivity contribution in [3.8, 4) is 0 Å². The Hall–Kier alpha value is -1.33. The van der Waals surface area contributed by atoms with E-state index in [1.165, 1.54) is 12.3 Å². The van der Waals surface area contributed by atoms with Gasteiger partial charge in [0.15, 0.2) is 0 Å². The number of hydrogen-bond acceptors (Lipinski definition) is 3. The third kappa shape index (κ3) is 3.16. The highest BCUT2D eigenvalue weighted by atomic mass is 35.5.